The highest BCUT2D eigenvalue weighted by atomic mass is 19.1. The molecule has 4 heteroatoms. The zero-order valence-corrected chi connectivity index (χ0v) is 12.0. The molecule has 1 saturated heterocycles. The number of piperidine rings is 1. The van der Waals surface area contributed by atoms with Gasteiger partial charge in [0.2, 0.25) is 11.8 Å². The standard InChI is InChI=1S/C17H20FNO2/c18-14-9-5-4-8-12(14)16-13(10-15(20)19-17(16)21)11-6-2-1-3-7-11/h4-5,8-9,11,13,16H,1-3,6-7,10H2,(H,19,20,21). The lowest BCUT2D eigenvalue weighted by molar-refractivity contribution is -0.137. The quantitative estimate of drug-likeness (QED) is 0.850. The van der Waals surface area contributed by atoms with E-state index in [1.165, 1.54) is 12.5 Å². The van der Waals surface area contributed by atoms with E-state index in [1.807, 2.05) is 0 Å². The lowest BCUT2D eigenvalue weighted by Gasteiger charge is -2.37. The SMILES string of the molecule is O=C1CC(C2CCCCC2)C(c2ccccc2F)C(=O)N1. The Bertz CT molecular complexity index is 551. The van der Waals surface area contributed by atoms with Crippen LogP contribution in [0.3, 0.4) is 0 Å². The molecule has 0 radical (unpaired) electrons. The maximum atomic E-state index is 14.1. The third kappa shape index (κ3) is 2.85. The van der Waals surface area contributed by atoms with E-state index in [0.29, 0.717) is 17.9 Å². The average molecular weight is 289 g/mol. The van der Waals surface area contributed by atoms with Gasteiger partial charge in [-0.1, -0.05) is 50.3 Å². The first-order valence-electron chi connectivity index (χ1n) is 7.75. The van der Waals surface area contributed by atoms with Gasteiger partial charge in [-0.05, 0) is 17.9 Å². The normalized spacial score (nSPS) is 27.5. The van der Waals surface area contributed by atoms with Crippen LogP contribution < -0.4 is 5.32 Å². The highest BCUT2D eigenvalue weighted by molar-refractivity contribution is 6.01. The molecule has 3 nitrogen and oxygen atoms in total. The van der Waals surface area contributed by atoms with Gasteiger partial charge >= 0.3 is 0 Å². The summed E-state index contributed by atoms with van der Waals surface area (Å²) in [4.78, 5) is 24.1. The van der Waals surface area contributed by atoms with E-state index < -0.39 is 5.92 Å². The molecule has 1 aromatic carbocycles. The molecule has 1 aliphatic carbocycles. The molecule has 0 spiro atoms. The number of amides is 2. The minimum absolute atomic E-state index is 0.0663. The van der Waals surface area contributed by atoms with E-state index in [-0.39, 0.29) is 23.5 Å². The summed E-state index contributed by atoms with van der Waals surface area (Å²) in [6.07, 6.45) is 5.90. The summed E-state index contributed by atoms with van der Waals surface area (Å²) < 4.78 is 14.1. The lowest BCUT2D eigenvalue weighted by Crippen LogP contribution is -2.47. The largest absolute Gasteiger partial charge is 0.296 e. The van der Waals surface area contributed by atoms with E-state index in [2.05, 4.69) is 5.32 Å². The zero-order valence-electron chi connectivity index (χ0n) is 12.0. The van der Waals surface area contributed by atoms with E-state index >= 15 is 0 Å². The molecular weight excluding hydrogens is 269 g/mol. The second-order valence-electron chi connectivity index (χ2n) is 6.18. The number of carbonyl (C=O) groups is 2. The maximum Gasteiger partial charge on any atom is 0.234 e. The van der Waals surface area contributed by atoms with Gasteiger partial charge in [0, 0.05) is 12.0 Å². The second-order valence-corrected chi connectivity index (χ2v) is 6.18. The summed E-state index contributed by atoms with van der Waals surface area (Å²) in [5, 5.41) is 2.38. The van der Waals surface area contributed by atoms with Crippen LogP contribution in [0.25, 0.3) is 0 Å². The van der Waals surface area contributed by atoms with Crippen molar-refractivity contribution in [3.63, 3.8) is 0 Å². The van der Waals surface area contributed by atoms with Gasteiger partial charge in [-0.25, -0.2) is 4.39 Å². The zero-order chi connectivity index (χ0) is 14.8. The Morgan fingerprint density at radius 3 is 2.48 bits per heavy atom. The Kier molecular flexibility index (Phi) is 4.04. The number of rotatable bonds is 2. The Morgan fingerprint density at radius 1 is 1.05 bits per heavy atom. The van der Waals surface area contributed by atoms with Crippen molar-refractivity contribution in [3.8, 4) is 0 Å². The lowest BCUT2D eigenvalue weighted by atomic mass is 9.68. The Morgan fingerprint density at radius 2 is 1.76 bits per heavy atom. The number of carbonyl (C=O) groups excluding carboxylic acids is 2. The van der Waals surface area contributed by atoms with Crippen molar-refractivity contribution >= 4 is 11.8 Å². The van der Waals surface area contributed by atoms with Crippen molar-refractivity contribution in [1.82, 2.24) is 5.32 Å². The first kappa shape index (κ1) is 14.2. The molecule has 2 fully saturated rings. The summed E-state index contributed by atoms with van der Waals surface area (Å²) >= 11 is 0. The molecule has 112 valence electrons. The third-order valence-corrected chi connectivity index (χ3v) is 4.89. The van der Waals surface area contributed by atoms with E-state index in [0.717, 1.165) is 25.7 Å². The molecule has 0 aromatic heterocycles. The van der Waals surface area contributed by atoms with Crippen LogP contribution in [-0.4, -0.2) is 11.8 Å². The molecular formula is C17H20FNO2. The van der Waals surface area contributed by atoms with Crippen LogP contribution in [-0.2, 0) is 9.59 Å². The number of hydrogen-bond donors (Lipinski definition) is 1. The van der Waals surface area contributed by atoms with Gasteiger partial charge < -0.3 is 0 Å². The second kappa shape index (κ2) is 5.96. The molecule has 2 atom stereocenters. The van der Waals surface area contributed by atoms with Crippen molar-refractivity contribution in [1.29, 1.82) is 0 Å². The molecule has 1 aromatic rings. The van der Waals surface area contributed by atoms with Gasteiger partial charge in [0.05, 0.1) is 5.92 Å². The molecule has 1 heterocycles. The predicted molar refractivity (Wildman–Crippen MR) is 77.0 cm³/mol. The Hall–Kier alpha value is -1.71. The Balaban J connectivity index is 1.94. The van der Waals surface area contributed by atoms with Gasteiger partial charge in [-0.15, -0.1) is 0 Å². The number of benzene rings is 1. The van der Waals surface area contributed by atoms with Crippen LogP contribution in [0, 0.1) is 17.7 Å². The first-order valence-corrected chi connectivity index (χ1v) is 7.75. The van der Waals surface area contributed by atoms with Crippen molar-refractivity contribution in [2.75, 3.05) is 0 Å². The molecule has 2 unspecified atom stereocenters. The highest BCUT2D eigenvalue weighted by Crippen LogP contribution is 2.42. The van der Waals surface area contributed by atoms with Crippen molar-refractivity contribution in [2.45, 2.75) is 44.4 Å². The van der Waals surface area contributed by atoms with Crippen LogP contribution in [0.1, 0.15) is 50.0 Å². The number of nitrogens with one attached hydrogen (secondary N) is 1. The molecule has 3 rings (SSSR count). The summed E-state index contributed by atoms with van der Waals surface area (Å²) in [5.41, 5.74) is 0.429. The van der Waals surface area contributed by atoms with Crippen molar-refractivity contribution in [3.05, 3.63) is 35.6 Å². The predicted octanol–water partition coefficient (Wildman–Crippen LogP) is 3.15. The van der Waals surface area contributed by atoms with Crippen LogP contribution in [0.4, 0.5) is 4.39 Å². The summed E-state index contributed by atoms with van der Waals surface area (Å²) in [6.45, 7) is 0. The fourth-order valence-electron chi connectivity index (χ4n) is 3.89. The van der Waals surface area contributed by atoms with Crippen LogP contribution >= 0.6 is 0 Å². The van der Waals surface area contributed by atoms with Crippen LogP contribution in [0.2, 0.25) is 0 Å². The first-order chi connectivity index (χ1) is 10.2. The fourth-order valence-corrected chi connectivity index (χ4v) is 3.89. The number of imide groups is 1. The van der Waals surface area contributed by atoms with E-state index in [9.17, 15) is 14.0 Å². The summed E-state index contributed by atoms with van der Waals surface area (Å²) in [6, 6.07) is 6.43. The van der Waals surface area contributed by atoms with Crippen molar-refractivity contribution < 1.29 is 14.0 Å². The van der Waals surface area contributed by atoms with Crippen molar-refractivity contribution in [2.24, 2.45) is 11.8 Å². The molecule has 0 bridgehead atoms. The minimum Gasteiger partial charge on any atom is -0.296 e. The van der Waals surface area contributed by atoms with Crippen LogP contribution in [0.15, 0.2) is 24.3 Å². The average Bonchev–Trinajstić information content (AvgIpc) is 2.49. The van der Waals surface area contributed by atoms with Gasteiger partial charge in [0.15, 0.2) is 0 Å². The van der Waals surface area contributed by atoms with Gasteiger partial charge in [-0.2, -0.15) is 0 Å². The summed E-state index contributed by atoms with van der Waals surface area (Å²) in [5.74, 6) is -1.17. The van der Waals surface area contributed by atoms with Gasteiger partial charge in [0.1, 0.15) is 5.82 Å². The Labute approximate surface area is 123 Å². The molecule has 1 aliphatic heterocycles. The number of hydrogen-bond acceptors (Lipinski definition) is 2. The minimum atomic E-state index is -0.535. The maximum absolute atomic E-state index is 14.1. The third-order valence-electron chi connectivity index (χ3n) is 4.89. The van der Waals surface area contributed by atoms with Gasteiger partial charge in [-0.3, -0.25) is 14.9 Å². The highest BCUT2D eigenvalue weighted by Gasteiger charge is 2.42. The van der Waals surface area contributed by atoms with E-state index in [1.54, 1.807) is 18.2 Å². The fraction of sp³-hybridized carbons (Fsp3) is 0.529. The molecule has 21 heavy (non-hydrogen) atoms. The smallest absolute Gasteiger partial charge is 0.234 e. The van der Waals surface area contributed by atoms with Gasteiger partial charge in [0.25, 0.3) is 0 Å². The van der Waals surface area contributed by atoms with E-state index in [4.69, 9.17) is 0 Å². The van der Waals surface area contributed by atoms with Crippen LogP contribution in [0.5, 0.6) is 0 Å². The monoisotopic (exact) mass is 289 g/mol. The summed E-state index contributed by atoms with van der Waals surface area (Å²) in [7, 11) is 0. The topological polar surface area (TPSA) is 46.2 Å². The molecule has 2 amide bonds. The molecule has 1 N–H and O–H groups in total. The molecule has 1 saturated carbocycles. The number of halogens is 1. The molecule has 2 aliphatic rings.